The maximum Gasteiger partial charge on any atom is 0.272 e. The van der Waals surface area contributed by atoms with Gasteiger partial charge in [0.2, 0.25) is 0 Å². The van der Waals surface area contributed by atoms with Crippen LogP contribution >= 0.6 is 0 Å². The molecule has 0 unspecified atom stereocenters. The van der Waals surface area contributed by atoms with Gasteiger partial charge in [0.05, 0.1) is 11.6 Å². The van der Waals surface area contributed by atoms with E-state index in [1.54, 1.807) is 30.5 Å². The fourth-order valence-electron chi connectivity index (χ4n) is 4.29. The van der Waals surface area contributed by atoms with Crippen LogP contribution in [-0.4, -0.2) is 28.9 Å². The number of anilines is 2. The predicted molar refractivity (Wildman–Crippen MR) is 122 cm³/mol. The molecule has 162 valence electrons. The largest absolute Gasteiger partial charge is 0.464 e. The number of hydrogen-bond donors (Lipinski definition) is 1. The molecular formula is C26H24FN3O2. The summed E-state index contributed by atoms with van der Waals surface area (Å²) in [5.74, 6) is 0.697. The topological polar surface area (TPSA) is 58.4 Å². The molecule has 1 saturated heterocycles. The van der Waals surface area contributed by atoms with Gasteiger partial charge in [0.15, 0.2) is 0 Å². The number of pyridine rings is 1. The second-order valence-corrected chi connectivity index (χ2v) is 8.25. The quantitative estimate of drug-likeness (QED) is 0.435. The van der Waals surface area contributed by atoms with Crippen LogP contribution in [0.5, 0.6) is 0 Å². The minimum absolute atomic E-state index is 0.0939. The number of benzene rings is 2. The first-order valence-electron chi connectivity index (χ1n) is 10.9. The monoisotopic (exact) mass is 429 g/mol. The van der Waals surface area contributed by atoms with Crippen molar-refractivity contribution < 1.29 is 13.6 Å². The number of halogens is 1. The molecule has 0 bridgehead atoms. The Hall–Kier alpha value is -3.67. The molecule has 1 aliphatic heterocycles. The van der Waals surface area contributed by atoms with Crippen molar-refractivity contribution in [3.8, 4) is 0 Å². The molecule has 0 atom stereocenters. The molecule has 0 aliphatic carbocycles. The van der Waals surface area contributed by atoms with Crippen molar-refractivity contribution in [2.24, 2.45) is 5.92 Å². The Bertz CT molecular complexity index is 1210. The average molecular weight is 429 g/mol. The van der Waals surface area contributed by atoms with Gasteiger partial charge in [-0.2, -0.15) is 0 Å². The van der Waals surface area contributed by atoms with Crippen molar-refractivity contribution in [1.82, 2.24) is 9.88 Å². The van der Waals surface area contributed by atoms with E-state index in [-0.39, 0.29) is 11.7 Å². The minimum Gasteiger partial charge on any atom is -0.464 e. The van der Waals surface area contributed by atoms with Gasteiger partial charge in [-0.3, -0.25) is 4.79 Å². The third-order valence-corrected chi connectivity index (χ3v) is 6.05. The Kier molecular flexibility index (Phi) is 5.58. The first-order valence-corrected chi connectivity index (χ1v) is 10.9. The Labute approximate surface area is 185 Å². The highest BCUT2D eigenvalue weighted by atomic mass is 19.1. The fraction of sp³-hybridized carbons (Fsp3) is 0.231. The number of hydrogen-bond acceptors (Lipinski definition) is 4. The second kappa shape index (κ2) is 8.83. The van der Waals surface area contributed by atoms with Crippen molar-refractivity contribution in [1.29, 1.82) is 0 Å². The first-order chi connectivity index (χ1) is 15.7. The van der Waals surface area contributed by atoms with E-state index in [2.05, 4.69) is 34.6 Å². The Morgan fingerprint density at radius 2 is 1.81 bits per heavy atom. The molecule has 4 aromatic rings. The zero-order chi connectivity index (χ0) is 21.9. The maximum absolute atomic E-state index is 13.2. The van der Waals surface area contributed by atoms with Gasteiger partial charge in [0.25, 0.3) is 5.91 Å². The standard InChI is InChI=1S/C26H24FN3O2/c27-20-6-8-21(9-7-20)28-25-22-12-15-32-24(22)17-23(29-25)26(31)30-13-10-19(11-14-30)16-18-4-2-1-3-5-18/h1-9,12,15,17,19H,10-11,13-14,16H2,(H,28,29). The van der Waals surface area contributed by atoms with Gasteiger partial charge in [0.1, 0.15) is 22.9 Å². The van der Waals surface area contributed by atoms with Gasteiger partial charge in [-0.1, -0.05) is 30.3 Å². The van der Waals surface area contributed by atoms with Crippen LogP contribution in [0.25, 0.3) is 11.0 Å². The molecule has 1 N–H and O–H groups in total. The van der Waals surface area contributed by atoms with E-state index in [0.717, 1.165) is 37.7 Å². The number of aromatic nitrogens is 1. The van der Waals surface area contributed by atoms with E-state index in [9.17, 15) is 9.18 Å². The Morgan fingerprint density at radius 1 is 1.06 bits per heavy atom. The number of amides is 1. The number of nitrogens with one attached hydrogen (secondary N) is 1. The summed E-state index contributed by atoms with van der Waals surface area (Å²) in [5, 5.41) is 3.96. The van der Waals surface area contributed by atoms with Crippen LogP contribution < -0.4 is 5.32 Å². The van der Waals surface area contributed by atoms with Crippen LogP contribution in [0.4, 0.5) is 15.9 Å². The number of fused-ring (bicyclic) bond motifs is 1. The lowest BCUT2D eigenvalue weighted by Crippen LogP contribution is -2.39. The Balaban J connectivity index is 1.31. The highest BCUT2D eigenvalue weighted by Crippen LogP contribution is 2.28. The third kappa shape index (κ3) is 4.35. The highest BCUT2D eigenvalue weighted by molar-refractivity contribution is 5.99. The molecule has 2 aromatic heterocycles. The number of carbonyl (C=O) groups is 1. The van der Waals surface area contributed by atoms with Gasteiger partial charge in [-0.05, 0) is 61.1 Å². The molecule has 3 heterocycles. The number of piperidine rings is 1. The molecule has 5 rings (SSSR count). The van der Waals surface area contributed by atoms with Crippen molar-refractivity contribution in [2.45, 2.75) is 19.3 Å². The predicted octanol–water partition coefficient (Wildman–Crippen LogP) is 5.81. The Morgan fingerprint density at radius 3 is 2.56 bits per heavy atom. The average Bonchev–Trinajstić information content (AvgIpc) is 3.30. The molecule has 2 aromatic carbocycles. The van der Waals surface area contributed by atoms with Crippen LogP contribution in [0.15, 0.2) is 77.4 Å². The van der Waals surface area contributed by atoms with E-state index < -0.39 is 0 Å². The number of carbonyl (C=O) groups excluding carboxylic acids is 1. The molecule has 0 radical (unpaired) electrons. The van der Waals surface area contributed by atoms with Crippen LogP contribution in [0, 0.1) is 11.7 Å². The molecular weight excluding hydrogens is 405 g/mol. The minimum atomic E-state index is -0.309. The van der Waals surface area contributed by atoms with Crippen molar-refractivity contribution >= 4 is 28.4 Å². The van der Waals surface area contributed by atoms with Gasteiger partial charge in [-0.25, -0.2) is 9.37 Å². The van der Waals surface area contributed by atoms with Crippen molar-refractivity contribution in [3.05, 3.63) is 90.1 Å². The number of rotatable bonds is 5. The number of furan rings is 1. The SMILES string of the molecule is O=C(c1cc2occc2c(Nc2ccc(F)cc2)n1)N1CCC(Cc2ccccc2)CC1. The van der Waals surface area contributed by atoms with Gasteiger partial charge in [0, 0.05) is 24.8 Å². The summed E-state index contributed by atoms with van der Waals surface area (Å²) < 4.78 is 18.8. The second-order valence-electron chi connectivity index (χ2n) is 8.25. The smallest absolute Gasteiger partial charge is 0.272 e. The van der Waals surface area contributed by atoms with Gasteiger partial charge < -0.3 is 14.6 Å². The van der Waals surface area contributed by atoms with Gasteiger partial charge >= 0.3 is 0 Å². The summed E-state index contributed by atoms with van der Waals surface area (Å²) in [5.41, 5.74) is 2.97. The number of likely N-dealkylation sites (tertiary alicyclic amines) is 1. The number of nitrogens with zero attached hydrogens (tertiary/aromatic N) is 2. The zero-order valence-electron chi connectivity index (χ0n) is 17.6. The van der Waals surface area contributed by atoms with E-state index >= 15 is 0 Å². The van der Waals surface area contributed by atoms with Crippen LogP contribution in [0.3, 0.4) is 0 Å². The molecule has 1 fully saturated rings. The van der Waals surface area contributed by atoms with Gasteiger partial charge in [-0.15, -0.1) is 0 Å². The molecule has 1 aliphatic rings. The molecule has 0 saturated carbocycles. The van der Waals surface area contributed by atoms with Crippen molar-refractivity contribution in [3.63, 3.8) is 0 Å². The summed E-state index contributed by atoms with van der Waals surface area (Å²) in [4.78, 5) is 19.7. The molecule has 32 heavy (non-hydrogen) atoms. The lowest BCUT2D eigenvalue weighted by molar-refractivity contribution is 0.0685. The summed E-state index contributed by atoms with van der Waals surface area (Å²) in [6.07, 6.45) is 4.57. The first kappa shape index (κ1) is 20.2. The fourth-order valence-corrected chi connectivity index (χ4v) is 4.29. The lowest BCUT2D eigenvalue weighted by Gasteiger charge is -2.32. The third-order valence-electron chi connectivity index (χ3n) is 6.05. The molecule has 1 amide bonds. The normalized spacial score (nSPS) is 14.6. The summed E-state index contributed by atoms with van der Waals surface area (Å²) in [6, 6.07) is 20.0. The van der Waals surface area contributed by atoms with E-state index in [1.807, 2.05) is 11.0 Å². The van der Waals surface area contributed by atoms with E-state index in [4.69, 9.17) is 4.42 Å². The highest BCUT2D eigenvalue weighted by Gasteiger charge is 2.25. The zero-order valence-corrected chi connectivity index (χ0v) is 17.6. The lowest BCUT2D eigenvalue weighted by atomic mass is 9.90. The molecule has 5 nitrogen and oxygen atoms in total. The van der Waals surface area contributed by atoms with E-state index in [0.29, 0.717) is 28.7 Å². The van der Waals surface area contributed by atoms with Crippen LogP contribution in [0.2, 0.25) is 0 Å². The summed E-state index contributed by atoms with van der Waals surface area (Å²) >= 11 is 0. The van der Waals surface area contributed by atoms with Crippen molar-refractivity contribution in [2.75, 3.05) is 18.4 Å². The van der Waals surface area contributed by atoms with E-state index in [1.165, 1.54) is 17.7 Å². The van der Waals surface area contributed by atoms with Crippen LogP contribution in [0.1, 0.15) is 28.9 Å². The summed E-state index contributed by atoms with van der Waals surface area (Å²) in [7, 11) is 0. The maximum atomic E-state index is 13.2. The molecule has 0 spiro atoms. The molecule has 6 heteroatoms. The van der Waals surface area contributed by atoms with Crippen LogP contribution in [-0.2, 0) is 6.42 Å². The summed E-state index contributed by atoms with van der Waals surface area (Å²) in [6.45, 7) is 1.43.